The molecule has 0 aromatic rings. The maximum atomic E-state index is 13.0. The molecule has 7 nitrogen and oxygen atoms in total. The van der Waals surface area contributed by atoms with Gasteiger partial charge in [0.1, 0.15) is 0 Å². The standard InChI is InChI=1S/C17H27N3O4S/c1-13(21)19-11-16(17(12-19)7-8-18(2)15(17)22)5-9-20(10-6-16)25(23,24)14-3-4-14/h14H,3-12H2,1-2H3/t17-/m0/s1. The summed E-state index contributed by atoms with van der Waals surface area (Å²) in [5, 5.41) is -0.188. The van der Waals surface area contributed by atoms with Gasteiger partial charge in [-0.15, -0.1) is 0 Å². The van der Waals surface area contributed by atoms with Crippen LogP contribution in [0.4, 0.5) is 0 Å². The first-order valence-corrected chi connectivity index (χ1v) is 10.7. The molecule has 0 bridgehead atoms. The molecule has 3 saturated heterocycles. The average Bonchev–Trinajstić information content (AvgIpc) is 3.33. The zero-order valence-electron chi connectivity index (χ0n) is 15.0. The molecular weight excluding hydrogens is 342 g/mol. The predicted molar refractivity (Wildman–Crippen MR) is 92.1 cm³/mol. The number of fused-ring (bicyclic) bond motifs is 1. The molecule has 4 rings (SSSR count). The van der Waals surface area contributed by atoms with E-state index in [1.807, 2.05) is 11.9 Å². The van der Waals surface area contributed by atoms with Crippen molar-refractivity contribution in [3.63, 3.8) is 0 Å². The fourth-order valence-corrected chi connectivity index (χ4v) is 7.09. The Hall–Kier alpha value is -1.15. The summed E-state index contributed by atoms with van der Waals surface area (Å²) in [6.07, 6.45) is 3.65. The molecule has 0 aromatic heterocycles. The molecule has 3 heterocycles. The maximum absolute atomic E-state index is 13.0. The highest BCUT2D eigenvalue weighted by Crippen LogP contribution is 2.58. The minimum Gasteiger partial charge on any atom is -0.345 e. The Morgan fingerprint density at radius 2 is 1.72 bits per heavy atom. The molecule has 1 saturated carbocycles. The van der Waals surface area contributed by atoms with Crippen molar-refractivity contribution in [1.29, 1.82) is 0 Å². The minimum absolute atomic E-state index is 0.00614. The van der Waals surface area contributed by atoms with E-state index in [9.17, 15) is 18.0 Å². The van der Waals surface area contributed by atoms with Crippen LogP contribution in [0, 0.1) is 10.8 Å². The summed E-state index contributed by atoms with van der Waals surface area (Å²) in [5.74, 6) is 0.140. The topological polar surface area (TPSA) is 78.0 Å². The third-order valence-corrected chi connectivity index (χ3v) is 9.43. The molecule has 2 amide bonds. The Bertz CT molecular complexity index is 709. The summed E-state index contributed by atoms with van der Waals surface area (Å²) in [5.41, 5.74) is -0.807. The molecule has 4 aliphatic rings. The van der Waals surface area contributed by atoms with Crippen molar-refractivity contribution >= 4 is 21.8 Å². The van der Waals surface area contributed by atoms with Crippen LogP contribution in [-0.2, 0) is 19.6 Å². The highest BCUT2D eigenvalue weighted by atomic mass is 32.2. The maximum Gasteiger partial charge on any atom is 0.231 e. The molecule has 25 heavy (non-hydrogen) atoms. The number of carbonyl (C=O) groups excluding carboxylic acids is 2. The first-order chi connectivity index (χ1) is 11.7. The van der Waals surface area contributed by atoms with Gasteiger partial charge in [-0.3, -0.25) is 9.59 Å². The van der Waals surface area contributed by atoms with E-state index in [1.54, 1.807) is 16.1 Å². The first-order valence-electron chi connectivity index (χ1n) is 9.22. The highest BCUT2D eigenvalue weighted by Gasteiger charge is 2.65. The highest BCUT2D eigenvalue weighted by molar-refractivity contribution is 7.90. The summed E-state index contributed by atoms with van der Waals surface area (Å²) in [6.45, 7) is 4.30. The molecule has 0 radical (unpaired) electrons. The van der Waals surface area contributed by atoms with Crippen molar-refractivity contribution in [3.05, 3.63) is 0 Å². The second kappa shape index (κ2) is 5.42. The lowest BCUT2D eigenvalue weighted by atomic mass is 9.60. The normalized spacial score (nSPS) is 33.0. The Balaban J connectivity index is 1.61. The molecule has 8 heteroatoms. The van der Waals surface area contributed by atoms with Gasteiger partial charge in [0.2, 0.25) is 21.8 Å². The van der Waals surface area contributed by atoms with Crippen molar-refractivity contribution in [3.8, 4) is 0 Å². The van der Waals surface area contributed by atoms with Gasteiger partial charge < -0.3 is 9.80 Å². The molecule has 1 aliphatic carbocycles. The number of hydrogen-bond donors (Lipinski definition) is 0. The van der Waals surface area contributed by atoms with E-state index >= 15 is 0 Å². The molecule has 1 atom stereocenters. The fourth-order valence-electron chi connectivity index (χ4n) is 5.24. The van der Waals surface area contributed by atoms with E-state index in [0.717, 1.165) is 25.8 Å². The number of sulfonamides is 1. The van der Waals surface area contributed by atoms with E-state index in [2.05, 4.69) is 0 Å². The van der Waals surface area contributed by atoms with E-state index < -0.39 is 15.4 Å². The van der Waals surface area contributed by atoms with Crippen molar-refractivity contribution in [2.45, 2.75) is 44.3 Å². The summed E-state index contributed by atoms with van der Waals surface area (Å²) in [4.78, 5) is 28.6. The molecule has 4 fully saturated rings. The molecule has 2 spiro atoms. The SMILES string of the molecule is CC(=O)N1CC2(CCN(S(=O)(=O)C3CC3)CC2)[C@@]2(CCN(C)C2=O)C1. The second-order valence-corrected chi connectivity index (χ2v) is 10.6. The molecular formula is C17H27N3O4S. The largest absolute Gasteiger partial charge is 0.345 e. The Kier molecular flexibility index (Phi) is 3.75. The van der Waals surface area contributed by atoms with Gasteiger partial charge in [0.25, 0.3) is 0 Å². The van der Waals surface area contributed by atoms with Gasteiger partial charge in [0, 0.05) is 52.1 Å². The number of carbonyl (C=O) groups is 2. The number of hydrogen-bond acceptors (Lipinski definition) is 4. The van der Waals surface area contributed by atoms with Gasteiger partial charge in [-0.25, -0.2) is 12.7 Å². The zero-order chi connectivity index (χ0) is 18.0. The lowest BCUT2D eigenvalue weighted by Gasteiger charge is -2.46. The van der Waals surface area contributed by atoms with Crippen LogP contribution in [0.1, 0.15) is 39.0 Å². The summed E-state index contributed by atoms with van der Waals surface area (Å²) in [7, 11) is -1.34. The van der Waals surface area contributed by atoms with Crippen molar-refractivity contribution in [1.82, 2.24) is 14.1 Å². The van der Waals surface area contributed by atoms with E-state index in [-0.39, 0.29) is 22.5 Å². The number of nitrogens with zero attached hydrogens (tertiary/aromatic N) is 3. The van der Waals surface area contributed by atoms with E-state index in [1.165, 1.54) is 0 Å². The van der Waals surface area contributed by atoms with Crippen LogP contribution in [0.3, 0.4) is 0 Å². The Morgan fingerprint density at radius 1 is 1.08 bits per heavy atom. The number of rotatable bonds is 2. The fraction of sp³-hybridized carbons (Fsp3) is 0.882. The predicted octanol–water partition coefficient (Wildman–Crippen LogP) is 0.271. The van der Waals surface area contributed by atoms with Gasteiger partial charge in [-0.1, -0.05) is 0 Å². The molecule has 0 unspecified atom stereocenters. The van der Waals surface area contributed by atoms with Crippen LogP contribution in [0.5, 0.6) is 0 Å². The van der Waals surface area contributed by atoms with E-state index in [0.29, 0.717) is 39.0 Å². The smallest absolute Gasteiger partial charge is 0.231 e. The van der Waals surface area contributed by atoms with Gasteiger partial charge >= 0.3 is 0 Å². The summed E-state index contributed by atoms with van der Waals surface area (Å²) < 4.78 is 26.7. The van der Waals surface area contributed by atoms with Gasteiger partial charge in [0.05, 0.1) is 10.7 Å². The van der Waals surface area contributed by atoms with Crippen molar-refractivity contribution in [2.24, 2.45) is 10.8 Å². The van der Waals surface area contributed by atoms with Crippen LogP contribution in [0.15, 0.2) is 0 Å². The third kappa shape index (κ3) is 2.36. The van der Waals surface area contributed by atoms with Gasteiger partial charge in [-0.2, -0.15) is 0 Å². The first kappa shape index (κ1) is 17.3. The van der Waals surface area contributed by atoms with E-state index in [4.69, 9.17) is 0 Å². The zero-order valence-corrected chi connectivity index (χ0v) is 15.8. The van der Waals surface area contributed by atoms with Crippen LogP contribution >= 0.6 is 0 Å². The quantitative estimate of drug-likeness (QED) is 0.700. The number of likely N-dealkylation sites (tertiary alicyclic amines) is 2. The Morgan fingerprint density at radius 3 is 2.20 bits per heavy atom. The van der Waals surface area contributed by atoms with Gasteiger partial charge in [-0.05, 0) is 32.1 Å². The summed E-state index contributed by atoms with van der Waals surface area (Å²) >= 11 is 0. The number of amides is 2. The molecule has 0 N–H and O–H groups in total. The Labute approximate surface area is 149 Å². The minimum atomic E-state index is -3.17. The van der Waals surface area contributed by atoms with Crippen LogP contribution in [-0.4, -0.2) is 79.4 Å². The van der Waals surface area contributed by atoms with Crippen molar-refractivity contribution in [2.75, 3.05) is 39.8 Å². The van der Waals surface area contributed by atoms with Crippen molar-refractivity contribution < 1.29 is 18.0 Å². The molecule has 3 aliphatic heterocycles. The second-order valence-electron chi connectivity index (χ2n) is 8.36. The van der Waals surface area contributed by atoms with Crippen LogP contribution in [0.2, 0.25) is 0 Å². The van der Waals surface area contributed by atoms with Gasteiger partial charge in [0.15, 0.2) is 0 Å². The number of piperidine rings is 1. The van der Waals surface area contributed by atoms with Crippen LogP contribution in [0.25, 0.3) is 0 Å². The summed E-state index contributed by atoms with van der Waals surface area (Å²) in [6, 6.07) is 0. The molecule has 140 valence electrons. The lowest BCUT2D eigenvalue weighted by molar-refractivity contribution is -0.140. The molecule has 0 aromatic carbocycles. The average molecular weight is 369 g/mol. The van der Waals surface area contributed by atoms with Crippen LogP contribution < -0.4 is 0 Å². The third-order valence-electron chi connectivity index (χ3n) is 7.03. The monoisotopic (exact) mass is 369 g/mol. The lowest BCUT2D eigenvalue weighted by Crippen LogP contribution is -2.53.